The lowest BCUT2D eigenvalue weighted by atomic mass is 9.96. The van der Waals surface area contributed by atoms with E-state index in [2.05, 4.69) is 104 Å². The minimum atomic E-state index is -1.98. The van der Waals surface area contributed by atoms with Gasteiger partial charge in [0.1, 0.15) is 73.2 Å². The van der Waals surface area contributed by atoms with Crippen molar-refractivity contribution in [2.45, 2.75) is 336 Å². The molecule has 3 saturated heterocycles. The average Bonchev–Trinajstić information content (AvgIpc) is 1.00. The Morgan fingerprint density at radius 3 is 1.16 bits per heavy atom. The van der Waals surface area contributed by atoms with Crippen LogP contribution in [0, 0.1) is 0 Å². The van der Waals surface area contributed by atoms with Gasteiger partial charge >= 0.3 is 0 Å². The van der Waals surface area contributed by atoms with Gasteiger partial charge in [-0.2, -0.15) is 0 Å². The van der Waals surface area contributed by atoms with Crippen LogP contribution in [-0.2, 0) is 33.2 Å². The van der Waals surface area contributed by atoms with Gasteiger partial charge in [0.25, 0.3) is 0 Å². The minimum absolute atomic E-state index is 0.224. The van der Waals surface area contributed by atoms with Crippen molar-refractivity contribution in [3.8, 4) is 0 Å². The summed E-state index contributed by atoms with van der Waals surface area (Å²) in [7, 11) is 0. The zero-order valence-electron chi connectivity index (χ0n) is 56.7. The van der Waals surface area contributed by atoms with Gasteiger partial charge in [0, 0.05) is 6.42 Å². The first kappa shape index (κ1) is 83.9. The standard InChI is InChI=1S/C74H127NO18/c1-3-5-7-9-11-13-15-17-19-21-23-24-25-26-27-28-29-30-31-32-34-36-38-40-42-44-46-48-50-52-62(80)75-57(58(79)51-49-47-45-43-41-39-37-35-33-22-20-18-16-14-12-10-8-6-4-2)56-88-72-68(86)65(83)70(60(54-77)90-72)93-74-69(87)66(84)71(61(55-78)91-74)92-73-67(85)64(82)63(81)59(53-76)89-73/h5,7,11,13,17,19,23-24,26-27,29-30,32,34,49,51,57-61,63-74,76-79,81-87H,3-4,6,8-10,12,14-16,18,20-22,25,28,31,33,35-48,50,52-56H2,1-2H3,(H,75,80)/b7-5-,13-11-,19-17-,24-23-,27-26-,30-29-,34-32-,51-49+. The molecule has 3 aliphatic rings. The largest absolute Gasteiger partial charge is 0.394 e. The number of hydrogen-bond acceptors (Lipinski definition) is 18. The highest BCUT2D eigenvalue weighted by molar-refractivity contribution is 5.76. The molecule has 12 N–H and O–H groups in total. The van der Waals surface area contributed by atoms with Gasteiger partial charge in [-0.25, -0.2) is 0 Å². The summed E-state index contributed by atoms with van der Waals surface area (Å²) in [5.41, 5.74) is 0. The number of hydrogen-bond donors (Lipinski definition) is 12. The number of aliphatic hydroxyl groups is 11. The van der Waals surface area contributed by atoms with Crippen LogP contribution in [0.5, 0.6) is 0 Å². The van der Waals surface area contributed by atoms with Crippen molar-refractivity contribution in [2.24, 2.45) is 0 Å². The van der Waals surface area contributed by atoms with E-state index in [1.807, 2.05) is 6.08 Å². The van der Waals surface area contributed by atoms with Crippen molar-refractivity contribution < 1.29 is 89.4 Å². The fourth-order valence-corrected chi connectivity index (χ4v) is 11.6. The SMILES string of the molecule is CC/C=C\C/C=C\C/C=C\C/C=C\C/C=C\C/C=C\C/C=C\CCCCCCCCCC(=O)NC(COC1OC(CO)C(OC2OC(CO)C(OC3OC(CO)C(O)C(O)C3O)C(O)C2O)C(O)C1O)C(O)/C=C/CCCCCCCCCCCCCCCCCCC. The number of carbonyl (C=O) groups excluding carboxylic acids is 1. The summed E-state index contributed by atoms with van der Waals surface area (Å²) in [4.78, 5) is 13.4. The van der Waals surface area contributed by atoms with Gasteiger partial charge in [-0.15, -0.1) is 0 Å². The van der Waals surface area contributed by atoms with Crippen molar-refractivity contribution in [2.75, 3.05) is 26.4 Å². The molecule has 0 aliphatic carbocycles. The van der Waals surface area contributed by atoms with Crippen molar-refractivity contribution >= 4 is 5.91 Å². The van der Waals surface area contributed by atoms with E-state index < -0.39 is 124 Å². The van der Waals surface area contributed by atoms with Crippen LogP contribution in [0.15, 0.2) is 97.2 Å². The van der Waals surface area contributed by atoms with E-state index in [1.165, 1.54) is 89.9 Å². The number of carbonyl (C=O) groups is 1. The molecular weight excluding hydrogens is 1190 g/mol. The topological polar surface area (TPSA) is 307 Å². The first-order valence-electron chi connectivity index (χ1n) is 36.0. The third kappa shape index (κ3) is 36.2. The molecular formula is C74H127NO18. The summed E-state index contributed by atoms with van der Waals surface area (Å²) < 4.78 is 34.4. The molecule has 536 valence electrons. The van der Waals surface area contributed by atoms with Crippen LogP contribution in [-0.4, -0.2) is 193 Å². The van der Waals surface area contributed by atoms with Crippen LogP contribution >= 0.6 is 0 Å². The first-order valence-corrected chi connectivity index (χ1v) is 36.0. The number of unbranched alkanes of at least 4 members (excludes halogenated alkanes) is 24. The smallest absolute Gasteiger partial charge is 0.220 e. The van der Waals surface area contributed by atoms with Gasteiger partial charge in [-0.05, 0) is 77.0 Å². The number of amides is 1. The molecule has 3 rings (SSSR count). The number of nitrogens with one attached hydrogen (secondary N) is 1. The average molecular weight is 1320 g/mol. The number of rotatable bonds is 54. The summed E-state index contributed by atoms with van der Waals surface area (Å²) in [6, 6.07) is -0.987. The molecule has 0 aromatic rings. The summed E-state index contributed by atoms with van der Waals surface area (Å²) in [5.74, 6) is -0.290. The summed E-state index contributed by atoms with van der Waals surface area (Å²) in [5, 5.41) is 121. The number of ether oxygens (including phenoxy) is 6. The van der Waals surface area contributed by atoms with Gasteiger partial charge in [-0.3, -0.25) is 4.79 Å². The highest BCUT2D eigenvalue weighted by Crippen LogP contribution is 2.33. The molecule has 93 heavy (non-hydrogen) atoms. The molecule has 17 atom stereocenters. The molecule has 0 spiro atoms. The van der Waals surface area contributed by atoms with Gasteiger partial charge in [-0.1, -0.05) is 246 Å². The summed E-state index contributed by atoms with van der Waals surface area (Å²) >= 11 is 0. The van der Waals surface area contributed by atoms with Gasteiger partial charge in [0.15, 0.2) is 18.9 Å². The Labute approximate surface area is 558 Å². The Kier molecular flexibility index (Phi) is 49.4. The van der Waals surface area contributed by atoms with Gasteiger partial charge in [0.05, 0.1) is 38.6 Å². The second kappa shape index (κ2) is 54.7. The van der Waals surface area contributed by atoms with E-state index in [-0.39, 0.29) is 18.9 Å². The maximum atomic E-state index is 13.4. The normalized spacial score (nSPS) is 28.1. The Balaban J connectivity index is 1.43. The molecule has 19 heteroatoms. The second-order valence-corrected chi connectivity index (χ2v) is 25.3. The molecule has 3 heterocycles. The Bertz CT molecular complexity index is 2060. The molecule has 3 fully saturated rings. The van der Waals surface area contributed by atoms with E-state index in [0.717, 1.165) is 116 Å². The molecule has 19 nitrogen and oxygen atoms in total. The fraction of sp³-hybridized carbons (Fsp3) is 0.770. The summed E-state index contributed by atoms with van der Waals surface area (Å²) in [6.45, 7) is 1.61. The Hall–Kier alpha value is -3.29. The molecule has 0 aromatic carbocycles. The van der Waals surface area contributed by atoms with Crippen LogP contribution in [0.4, 0.5) is 0 Å². The van der Waals surface area contributed by atoms with Crippen LogP contribution in [0.25, 0.3) is 0 Å². The number of aliphatic hydroxyl groups excluding tert-OH is 11. The van der Waals surface area contributed by atoms with E-state index in [4.69, 9.17) is 28.4 Å². The van der Waals surface area contributed by atoms with Crippen molar-refractivity contribution in [3.63, 3.8) is 0 Å². The zero-order chi connectivity index (χ0) is 67.5. The predicted octanol–water partition coefficient (Wildman–Crippen LogP) is 10.0. The summed E-state index contributed by atoms with van der Waals surface area (Å²) in [6.07, 6.45) is 45.1. The van der Waals surface area contributed by atoms with E-state index >= 15 is 0 Å². The van der Waals surface area contributed by atoms with Gasteiger partial charge in [0.2, 0.25) is 5.91 Å². The first-order chi connectivity index (χ1) is 45.3. The van der Waals surface area contributed by atoms with Crippen LogP contribution in [0.2, 0.25) is 0 Å². The lowest BCUT2D eigenvalue weighted by Crippen LogP contribution is -2.66. The highest BCUT2D eigenvalue weighted by atomic mass is 16.8. The quantitative estimate of drug-likeness (QED) is 0.0199. The highest BCUT2D eigenvalue weighted by Gasteiger charge is 2.53. The maximum Gasteiger partial charge on any atom is 0.220 e. The Morgan fingerprint density at radius 2 is 0.742 bits per heavy atom. The van der Waals surface area contributed by atoms with Crippen molar-refractivity contribution in [1.29, 1.82) is 0 Å². The van der Waals surface area contributed by atoms with Crippen LogP contribution in [0.3, 0.4) is 0 Å². The van der Waals surface area contributed by atoms with Crippen molar-refractivity contribution in [1.82, 2.24) is 5.32 Å². The van der Waals surface area contributed by atoms with Crippen molar-refractivity contribution in [3.05, 3.63) is 97.2 Å². The second-order valence-electron chi connectivity index (χ2n) is 25.3. The molecule has 0 aromatic heterocycles. The predicted molar refractivity (Wildman–Crippen MR) is 364 cm³/mol. The molecule has 0 bridgehead atoms. The van der Waals surface area contributed by atoms with E-state index in [0.29, 0.717) is 6.42 Å². The third-order valence-electron chi connectivity index (χ3n) is 17.4. The molecule has 0 radical (unpaired) electrons. The van der Waals surface area contributed by atoms with Crippen LogP contribution in [0.1, 0.15) is 232 Å². The number of allylic oxidation sites excluding steroid dienone is 15. The lowest BCUT2D eigenvalue weighted by molar-refractivity contribution is -0.379. The Morgan fingerprint density at radius 1 is 0.398 bits per heavy atom. The molecule has 0 saturated carbocycles. The monoisotopic (exact) mass is 1320 g/mol. The molecule has 1 amide bonds. The zero-order valence-corrected chi connectivity index (χ0v) is 56.7. The van der Waals surface area contributed by atoms with E-state index in [1.54, 1.807) is 6.08 Å². The maximum absolute atomic E-state index is 13.4. The minimum Gasteiger partial charge on any atom is -0.394 e. The fourth-order valence-electron chi connectivity index (χ4n) is 11.6. The molecule has 17 unspecified atom stereocenters. The molecule has 3 aliphatic heterocycles. The lowest BCUT2D eigenvalue weighted by Gasteiger charge is -2.48. The van der Waals surface area contributed by atoms with Gasteiger partial charge < -0.3 is 89.9 Å². The van der Waals surface area contributed by atoms with E-state index in [9.17, 15) is 61.0 Å². The van der Waals surface area contributed by atoms with Crippen LogP contribution < -0.4 is 5.32 Å². The third-order valence-corrected chi connectivity index (χ3v) is 17.4.